The number of carbonyl (C=O) groups excluding carboxylic acids is 1. The highest BCUT2D eigenvalue weighted by atomic mass is 32.1. The number of hydrogen-bond acceptors (Lipinski definition) is 5. The number of benzene rings is 1. The Bertz CT molecular complexity index is 549. The quantitative estimate of drug-likeness (QED) is 0.796. The van der Waals surface area contributed by atoms with Crippen LogP contribution in [0.5, 0.6) is 0 Å². The molecule has 2 heterocycles. The molecule has 0 radical (unpaired) electrons. The van der Waals surface area contributed by atoms with E-state index in [0.29, 0.717) is 0 Å². The fourth-order valence-corrected chi connectivity index (χ4v) is 2.81. The summed E-state index contributed by atoms with van der Waals surface area (Å²) in [7, 11) is 0. The Hall–Kier alpha value is -1.95. The highest BCUT2D eigenvalue weighted by Crippen LogP contribution is 2.24. The average Bonchev–Trinajstić information content (AvgIpc) is 2.98. The summed E-state index contributed by atoms with van der Waals surface area (Å²) in [6.07, 6.45) is 0.910. The largest absolute Gasteiger partial charge is 0.343 e. The third-order valence-corrected chi connectivity index (χ3v) is 3.96. The monoisotopic (exact) mass is 274 g/mol. The highest BCUT2D eigenvalue weighted by molar-refractivity contribution is 7.09. The van der Waals surface area contributed by atoms with Gasteiger partial charge in [0.05, 0.1) is 0 Å². The minimum atomic E-state index is 0.754. The molecule has 1 saturated heterocycles. The zero-order valence-electron chi connectivity index (χ0n) is 10.4. The van der Waals surface area contributed by atoms with Crippen LogP contribution in [-0.2, 0) is 4.79 Å². The Kier molecular flexibility index (Phi) is 3.41. The molecule has 0 atom stereocenters. The number of hydrogen-bond donors (Lipinski definition) is 0. The standard InChI is InChI=1S/C13H14N4OS/c18-10-16-6-8-17(9-7-16)13-14-12(15-19-13)11-4-2-1-3-5-11/h1-5,10H,6-9H2. The van der Waals surface area contributed by atoms with E-state index < -0.39 is 0 Å². The molecule has 98 valence electrons. The van der Waals surface area contributed by atoms with Crippen LogP contribution in [0.25, 0.3) is 11.4 Å². The number of carbonyl (C=O) groups is 1. The van der Waals surface area contributed by atoms with Gasteiger partial charge in [-0.05, 0) is 0 Å². The molecule has 1 aliphatic rings. The Labute approximate surface area is 115 Å². The molecule has 0 spiro atoms. The summed E-state index contributed by atoms with van der Waals surface area (Å²) in [6.45, 7) is 3.15. The fraction of sp³-hybridized carbons (Fsp3) is 0.308. The first-order valence-corrected chi connectivity index (χ1v) is 6.97. The van der Waals surface area contributed by atoms with Gasteiger partial charge in [-0.15, -0.1) is 0 Å². The first-order chi connectivity index (χ1) is 9.36. The molecule has 1 aromatic carbocycles. The minimum Gasteiger partial charge on any atom is -0.343 e. The number of amides is 1. The molecule has 1 aromatic heterocycles. The number of rotatable bonds is 3. The second kappa shape index (κ2) is 5.36. The summed E-state index contributed by atoms with van der Waals surface area (Å²) in [5.74, 6) is 0.776. The molecule has 19 heavy (non-hydrogen) atoms. The Balaban J connectivity index is 1.74. The van der Waals surface area contributed by atoms with Crippen molar-refractivity contribution in [2.75, 3.05) is 31.1 Å². The van der Waals surface area contributed by atoms with Gasteiger partial charge in [0.25, 0.3) is 0 Å². The average molecular weight is 274 g/mol. The molecule has 1 amide bonds. The molecule has 0 aliphatic carbocycles. The maximum atomic E-state index is 10.7. The van der Waals surface area contributed by atoms with Crippen LogP contribution in [0.2, 0.25) is 0 Å². The van der Waals surface area contributed by atoms with Crippen molar-refractivity contribution in [2.24, 2.45) is 0 Å². The first kappa shape index (κ1) is 12.1. The van der Waals surface area contributed by atoms with Gasteiger partial charge in [-0.1, -0.05) is 30.3 Å². The van der Waals surface area contributed by atoms with Crippen molar-refractivity contribution < 1.29 is 4.79 Å². The summed E-state index contributed by atoms with van der Waals surface area (Å²) in [4.78, 5) is 19.2. The molecule has 1 aliphatic heterocycles. The van der Waals surface area contributed by atoms with E-state index in [-0.39, 0.29) is 0 Å². The van der Waals surface area contributed by atoms with E-state index in [1.807, 2.05) is 30.3 Å². The van der Waals surface area contributed by atoms with Crippen molar-refractivity contribution >= 4 is 23.1 Å². The van der Waals surface area contributed by atoms with E-state index in [4.69, 9.17) is 0 Å². The van der Waals surface area contributed by atoms with Crippen LogP contribution in [0.3, 0.4) is 0 Å². The number of piperazine rings is 1. The van der Waals surface area contributed by atoms with Crippen LogP contribution in [0.15, 0.2) is 30.3 Å². The smallest absolute Gasteiger partial charge is 0.209 e. The van der Waals surface area contributed by atoms with Crippen molar-refractivity contribution in [3.8, 4) is 11.4 Å². The third kappa shape index (κ3) is 2.58. The Morgan fingerprint density at radius 1 is 1.11 bits per heavy atom. The van der Waals surface area contributed by atoms with Crippen LogP contribution in [0.4, 0.5) is 5.13 Å². The maximum Gasteiger partial charge on any atom is 0.209 e. The van der Waals surface area contributed by atoms with E-state index in [9.17, 15) is 4.79 Å². The number of nitrogens with zero attached hydrogens (tertiary/aromatic N) is 4. The Morgan fingerprint density at radius 2 is 1.84 bits per heavy atom. The highest BCUT2D eigenvalue weighted by Gasteiger charge is 2.19. The summed E-state index contributed by atoms with van der Waals surface area (Å²) >= 11 is 1.42. The van der Waals surface area contributed by atoms with Crippen molar-refractivity contribution in [2.45, 2.75) is 0 Å². The predicted octanol–water partition coefficient (Wildman–Crippen LogP) is 1.48. The van der Waals surface area contributed by atoms with E-state index in [0.717, 1.165) is 49.1 Å². The van der Waals surface area contributed by atoms with Gasteiger partial charge in [-0.25, -0.2) is 0 Å². The lowest BCUT2D eigenvalue weighted by Crippen LogP contribution is -2.45. The van der Waals surface area contributed by atoms with Crippen LogP contribution in [-0.4, -0.2) is 46.8 Å². The van der Waals surface area contributed by atoms with E-state index >= 15 is 0 Å². The lowest BCUT2D eigenvalue weighted by molar-refractivity contribution is -0.118. The van der Waals surface area contributed by atoms with Crippen molar-refractivity contribution in [3.63, 3.8) is 0 Å². The SMILES string of the molecule is O=CN1CCN(c2nc(-c3ccccc3)ns2)CC1. The Morgan fingerprint density at radius 3 is 2.53 bits per heavy atom. The lowest BCUT2D eigenvalue weighted by Gasteiger charge is -2.31. The van der Waals surface area contributed by atoms with Crippen LogP contribution in [0, 0.1) is 0 Å². The van der Waals surface area contributed by atoms with Crippen LogP contribution in [0.1, 0.15) is 0 Å². The molecular formula is C13H14N4OS. The molecule has 3 rings (SSSR count). The third-order valence-electron chi connectivity index (χ3n) is 3.18. The topological polar surface area (TPSA) is 49.3 Å². The van der Waals surface area contributed by atoms with Gasteiger partial charge in [0.15, 0.2) is 5.82 Å². The van der Waals surface area contributed by atoms with Crippen molar-refractivity contribution in [3.05, 3.63) is 30.3 Å². The van der Waals surface area contributed by atoms with Crippen LogP contribution >= 0.6 is 11.5 Å². The molecule has 0 unspecified atom stereocenters. The van der Waals surface area contributed by atoms with E-state index in [1.54, 1.807) is 4.90 Å². The molecule has 1 fully saturated rings. The van der Waals surface area contributed by atoms with Gasteiger partial charge in [0.2, 0.25) is 11.5 Å². The number of aromatic nitrogens is 2. The van der Waals surface area contributed by atoms with Gasteiger partial charge in [0, 0.05) is 43.3 Å². The van der Waals surface area contributed by atoms with E-state index in [1.165, 1.54) is 11.5 Å². The van der Waals surface area contributed by atoms with Gasteiger partial charge in [-0.3, -0.25) is 4.79 Å². The van der Waals surface area contributed by atoms with Crippen LogP contribution < -0.4 is 4.90 Å². The second-order valence-corrected chi connectivity index (χ2v) is 5.13. The normalized spacial score (nSPS) is 15.6. The van der Waals surface area contributed by atoms with Gasteiger partial charge < -0.3 is 9.80 Å². The molecule has 6 heteroatoms. The summed E-state index contributed by atoms with van der Waals surface area (Å²) in [6, 6.07) is 9.97. The van der Waals surface area contributed by atoms with Gasteiger partial charge >= 0.3 is 0 Å². The molecular weight excluding hydrogens is 260 g/mol. The maximum absolute atomic E-state index is 10.7. The zero-order chi connectivity index (χ0) is 13.1. The molecule has 0 N–H and O–H groups in total. The first-order valence-electron chi connectivity index (χ1n) is 6.20. The number of anilines is 1. The predicted molar refractivity (Wildman–Crippen MR) is 75.2 cm³/mol. The summed E-state index contributed by atoms with van der Waals surface area (Å²) in [5.41, 5.74) is 1.04. The van der Waals surface area contributed by atoms with Crippen molar-refractivity contribution in [1.82, 2.24) is 14.3 Å². The summed E-state index contributed by atoms with van der Waals surface area (Å²) < 4.78 is 4.41. The van der Waals surface area contributed by atoms with Gasteiger partial charge in [0.1, 0.15) is 0 Å². The molecule has 2 aromatic rings. The van der Waals surface area contributed by atoms with Crippen molar-refractivity contribution in [1.29, 1.82) is 0 Å². The minimum absolute atomic E-state index is 0.754. The summed E-state index contributed by atoms with van der Waals surface area (Å²) in [5, 5.41) is 0.935. The van der Waals surface area contributed by atoms with Gasteiger partial charge in [-0.2, -0.15) is 9.36 Å². The fourth-order valence-electron chi connectivity index (χ4n) is 2.07. The lowest BCUT2D eigenvalue weighted by atomic mass is 10.2. The van der Waals surface area contributed by atoms with E-state index in [2.05, 4.69) is 14.3 Å². The molecule has 0 saturated carbocycles. The second-order valence-electron chi connectivity index (χ2n) is 4.40. The zero-order valence-corrected chi connectivity index (χ0v) is 11.2. The molecule has 0 bridgehead atoms. The molecule has 5 nitrogen and oxygen atoms in total.